The fraction of sp³-hybridized carbons (Fsp3) is 0.417. The zero-order valence-corrected chi connectivity index (χ0v) is 10.5. The lowest BCUT2D eigenvalue weighted by atomic mass is 9.90. The zero-order valence-electron chi connectivity index (χ0n) is 9.71. The van der Waals surface area contributed by atoms with Crippen LogP contribution in [-0.4, -0.2) is 34.6 Å². The van der Waals surface area contributed by atoms with Crippen LogP contribution in [0.5, 0.6) is 0 Å². The fourth-order valence-corrected chi connectivity index (χ4v) is 2.04. The van der Waals surface area contributed by atoms with Crippen molar-refractivity contribution in [3.63, 3.8) is 0 Å². The molecule has 1 heterocycles. The predicted octanol–water partition coefficient (Wildman–Crippen LogP) is 2.22. The summed E-state index contributed by atoms with van der Waals surface area (Å²) in [5, 5.41) is 9.41. The summed E-state index contributed by atoms with van der Waals surface area (Å²) in [5.74, 6) is -2.34. The first kappa shape index (κ1) is 13.2. The second-order valence-corrected chi connectivity index (χ2v) is 4.89. The van der Waals surface area contributed by atoms with E-state index in [4.69, 9.17) is 11.6 Å². The first-order chi connectivity index (χ1) is 8.36. The van der Waals surface area contributed by atoms with Gasteiger partial charge in [0.25, 0.3) is 5.91 Å². The van der Waals surface area contributed by atoms with Gasteiger partial charge in [0.15, 0.2) is 0 Å². The van der Waals surface area contributed by atoms with Crippen molar-refractivity contribution < 1.29 is 18.7 Å². The minimum absolute atomic E-state index is 0.131. The number of amides is 1. The molecule has 1 saturated heterocycles. The molecule has 1 aromatic rings. The van der Waals surface area contributed by atoms with E-state index in [1.54, 1.807) is 6.92 Å². The first-order valence-electron chi connectivity index (χ1n) is 5.52. The SMILES string of the molecule is CCC1(O)CN(C(=O)c2cc(F)c(Cl)cc2F)C1. The van der Waals surface area contributed by atoms with Crippen molar-refractivity contribution in [3.05, 3.63) is 34.4 Å². The van der Waals surface area contributed by atoms with Crippen LogP contribution < -0.4 is 0 Å². The number of halogens is 3. The van der Waals surface area contributed by atoms with E-state index >= 15 is 0 Å². The van der Waals surface area contributed by atoms with E-state index in [1.807, 2.05) is 0 Å². The third kappa shape index (κ3) is 2.20. The number of hydrogen-bond acceptors (Lipinski definition) is 2. The number of β-amino-alcohol motifs (C(OH)–C–C–N with tert-alkyl or cyclic N) is 1. The van der Waals surface area contributed by atoms with E-state index < -0.39 is 23.1 Å². The Labute approximate surface area is 108 Å². The Kier molecular flexibility index (Phi) is 3.29. The molecule has 98 valence electrons. The Morgan fingerprint density at radius 3 is 2.61 bits per heavy atom. The highest BCUT2D eigenvalue weighted by atomic mass is 35.5. The van der Waals surface area contributed by atoms with Crippen LogP contribution in [-0.2, 0) is 0 Å². The summed E-state index contributed by atoms with van der Waals surface area (Å²) in [7, 11) is 0. The molecule has 0 unspecified atom stereocenters. The average Bonchev–Trinajstić information content (AvgIpc) is 2.29. The van der Waals surface area contributed by atoms with Crippen molar-refractivity contribution in [2.24, 2.45) is 0 Å². The zero-order chi connectivity index (χ0) is 13.5. The highest BCUT2D eigenvalue weighted by Gasteiger charge is 2.42. The molecule has 1 amide bonds. The van der Waals surface area contributed by atoms with Gasteiger partial charge in [-0.2, -0.15) is 0 Å². The summed E-state index contributed by atoms with van der Waals surface area (Å²) in [6.45, 7) is 2.06. The summed E-state index contributed by atoms with van der Waals surface area (Å²) < 4.78 is 26.7. The van der Waals surface area contributed by atoms with E-state index in [1.165, 1.54) is 4.90 Å². The molecule has 3 nitrogen and oxygen atoms in total. The molecule has 0 aliphatic carbocycles. The second-order valence-electron chi connectivity index (χ2n) is 4.49. The van der Waals surface area contributed by atoms with Gasteiger partial charge in [0.1, 0.15) is 11.6 Å². The Bertz CT molecular complexity index is 501. The van der Waals surface area contributed by atoms with Crippen LogP contribution in [0.4, 0.5) is 8.78 Å². The molecule has 0 bridgehead atoms. The third-order valence-corrected chi connectivity index (χ3v) is 3.45. The Hall–Kier alpha value is -1.20. The number of likely N-dealkylation sites (tertiary alicyclic amines) is 1. The monoisotopic (exact) mass is 275 g/mol. The highest BCUT2D eigenvalue weighted by Crippen LogP contribution is 2.27. The highest BCUT2D eigenvalue weighted by molar-refractivity contribution is 6.30. The first-order valence-corrected chi connectivity index (χ1v) is 5.90. The van der Waals surface area contributed by atoms with Crippen molar-refractivity contribution in [2.45, 2.75) is 18.9 Å². The van der Waals surface area contributed by atoms with Gasteiger partial charge in [-0.3, -0.25) is 4.79 Å². The van der Waals surface area contributed by atoms with Crippen LogP contribution in [0.1, 0.15) is 23.7 Å². The van der Waals surface area contributed by atoms with Crippen molar-refractivity contribution in [3.8, 4) is 0 Å². The van der Waals surface area contributed by atoms with Gasteiger partial charge in [0.2, 0.25) is 0 Å². The number of rotatable bonds is 2. The summed E-state index contributed by atoms with van der Waals surface area (Å²) in [6.07, 6.45) is 0.508. The third-order valence-electron chi connectivity index (χ3n) is 3.16. The standard InChI is InChI=1S/C12H12ClF2NO2/c1-2-12(18)5-16(6-12)11(17)7-3-10(15)8(13)4-9(7)14/h3-4,18H,2,5-6H2,1H3. The van der Waals surface area contributed by atoms with Crippen LogP contribution in [0.15, 0.2) is 12.1 Å². The molecule has 0 aromatic heterocycles. The number of benzene rings is 1. The largest absolute Gasteiger partial charge is 0.386 e. The van der Waals surface area contributed by atoms with E-state index in [-0.39, 0.29) is 23.7 Å². The van der Waals surface area contributed by atoms with Crippen molar-refractivity contribution >= 4 is 17.5 Å². The lowest BCUT2D eigenvalue weighted by molar-refractivity contribution is -0.0827. The lowest BCUT2D eigenvalue weighted by Gasteiger charge is -2.46. The number of nitrogens with zero attached hydrogens (tertiary/aromatic N) is 1. The molecular formula is C12H12ClF2NO2. The molecule has 6 heteroatoms. The predicted molar refractivity (Wildman–Crippen MR) is 62.5 cm³/mol. The molecule has 2 rings (SSSR count). The molecule has 0 spiro atoms. The van der Waals surface area contributed by atoms with Crippen LogP contribution in [0, 0.1) is 11.6 Å². The fourth-order valence-electron chi connectivity index (χ4n) is 1.89. The minimum Gasteiger partial charge on any atom is -0.386 e. The van der Waals surface area contributed by atoms with E-state index in [0.717, 1.165) is 12.1 Å². The van der Waals surface area contributed by atoms with Crippen LogP contribution in [0.2, 0.25) is 5.02 Å². The van der Waals surface area contributed by atoms with E-state index in [9.17, 15) is 18.7 Å². The van der Waals surface area contributed by atoms with Gasteiger partial charge in [-0.1, -0.05) is 18.5 Å². The molecule has 1 fully saturated rings. The molecule has 0 saturated carbocycles. The van der Waals surface area contributed by atoms with Gasteiger partial charge in [0, 0.05) is 0 Å². The average molecular weight is 276 g/mol. The number of aliphatic hydroxyl groups is 1. The van der Waals surface area contributed by atoms with Gasteiger partial charge in [-0.05, 0) is 18.6 Å². The van der Waals surface area contributed by atoms with Crippen LogP contribution in [0.3, 0.4) is 0 Å². The van der Waals surface area contributed by atoms with Gasteiger partial charge in [-0.25, -0.2) is 8.78 Å². The quantitative estimate of drug-likeness (QED) is 0.841. The number of carbonyl (C=O) groups is 1. The molecule has 1 aliphatic heterocycles. The second kappa shape index (κ2) is 4.48. The minimum atomic E-state index is -0.906. The van der Waals surface area contributed by atoms with Crippen LogP contribution >= 0.6 is 11.6 Å². The molecule has 0 atom stereocenters. The summed E-state index contributed by atoms with van der Waals surface area (Å²) in [6, 6.07) is 1.55. The Balaban J connectivity index is 2.19. The molecule has 1 N–H and O–H groups in total. The number of carbonyl (C=O) groups excluding carboxylic acids is 1. The molecule has 1 aliphatic rings. The molecule has 18 heavy (non-hydrogen) atoms. The van der Waals surface area contributed by atoms with E-state index in [2.05, 4.69) is 0 Å². The smallest absolute Gasteiger partial charge is 0.257 e. The maximum absolute atomic E-state index is 13.5. The summed E-state index contributed by atoms with van der Waals surface area (Å²) in [4.78, 5) is 13.2. The maximum atomic E-state index is 13.5. The topological polar surface area (TPSA) is 40.5 Å². The summed E-state index contributed by atoms with van der Waals surface area (Å²) >= 11 is 5.41. The van der Waals surface area contributed by atoms with Gasteiger partial charge < -0.3 is 10.0 Å². The van der Waals surface area contributed by atoms with Crippen molar-refractivity contribution in [1.29, 1.82) is 0 Å². The van der Waals surface area contributed by atoms with E-state index in [0.29, 0.717) is 6.42 Å². The Morgan fingerprint density at radius 2 is 2.06 bits per heavy atom. The Morgan fingerprint density at radius 1 is 1.44 bits per heavy atom. The van der Waals surface area contributed by atoms with Crippen molar-refractivity contribution in [1.82, 2.24) is 4.90 Å². The maximum Gasteiger partial charge on any atom is 0.257 e. The number of hydrogen-bond donors (Lipinski definition) is 1. The summed E-state index contributed by atoms with van der Waals surface area (Å²) in [5.41, 5.74) is -1.27. The van der Waals surface area contributed by atoms with Gasteiger partial charge in [0.05, 0.1) is 29.3 Å². The molecular weight excluding hydrogens is 264 g/mol. The molecule has 0 radical (unpaired) electrons. The van der Waals surface area contributed by atoms with Gasteiger partial charge >= 0.3 is 0 Å². The van der Waals surface area contributed by atoms with Crippen LogP contribution in [0.25, 0.3) is 0 Å². The van der Waals surface area contributed by atoms with Crippen molar-refractivity contribution in [2.75, 3.05) is 13.1 Å². The lowest BCUT2D eigenvalue weighted by Crippen LogP contribution is -2.63. The normalized spacial score (nSPS) is 17.5. The van der Waals surface area contributed by atoms with Gasteiger partial charge in [-0.15, -0.1) is 0 Å². The molecule has 1 aromatic carbocycles.